The number of ether oxygens (including phenoxy) is 15. The highest BCUT2D eigenvalue weighted by atomic mass is 16.8. The number of fused-ring (bicyclic) bond motifs is 7. The minimum absolute atomic E-state index is 0.00807. The number of esters is 2. The van der Waals surface area contributed by atoms with Gasteiger partial charge in [0.05, 0.1) is 75.7 Å². The molecule has 23 N–H and O–H groups in total. The van der Waals surface area contributed by atoms with Gasteiger partial charge in [-0.1, -0.05) is 72.3 Å². The highest BCUT2D eigenvalue weighted by Gasteiger charge is 2.74. The molecule has 120 heavy (non-hydrogen) atoms. The van der Waals surface area contributed by atoms with E-state index >= 15 is 4.79 Å². The second-order valence-electron chi connectivity index (χ2n) is 37.3. The Bertz CT molecular complexity index is 3530. The van der Waals surface area contributed by atoms with Crippen LogP contribution in [0.5, 0.6) is 0 Å². The van der Waals surface area contributed by atoms with Crippen molar-refractivity contribution in [1.82, 2.24) is 0 Å². The standard InChI is InChI=1S/C80H128O40/c1-11-76(7,105)18-12-13-32(24-81)65(103)114-45-23-80(73(104)120-72-64(54(96)49(91)38(27-84)112-72)119-70-60(102)62(117-68-58(100)52(94)47(89)36(25-82)109-68)61(31(2)108-70)116-67-57(99)50(92)39(28-85)111-67)34(21-74(45,3)4)33-14-15-42-77(8)19-17-44(75(5,6)41(77)16-20-78(42,9)79(33,10)22-43(80)87)115-71-63(118-69-59(101)53(95)48(90)37(26-83)110-69)55(97)51(93)40(113-71)30-107-66-56(98)46(88)35(86)29-106-66/h11,13-14,31,34-64,66-72,81-102,105H,1,12,15-30H2,2-10H3/b32-13+/t31-,34-,35-,36+,37+,38+,39-,40+,41-,42+,43+,44-,45-,46-,47+,48+,49+,50-,51+,52-,53-,54-,55-,56+,57+,58+,59+,60+,61-,62-,63+,64+,66-,67-,68-,69-,70-,71-,72-,76-,77-,78+,79+,80+/m0/s1. The maximum atomic E-state index is 16.6. The van der Waals surface area contributed by atoms with Gasteiger partial charge in [-0.05, 0) is 111 Å². The van der Waals surface area contributed by atoms with Crippen molar-refractivity contribution >= 4 is 11.9 Å². The molecule has 12 aliphatic rings. The number of hydrogen-bond donors (Lipinski definition) is 23. The van der Waals surface area contributed by atoms with Crippen LogP contribution in [0.4, 0.5) is 0 Å². The molecule has 40 heteroatoms. The van der Waals surface area contributed by atoms with Crippen molar-refractivity contribution in [3.8, 4) is 0 Å². The van der Waals surface area contributed by atoms with E-state index in [2.05, 4.69) is 26.5 Å². The Morgan fingerprint density at radius 1 is 0.517 bits per heavy atom. The summed E-state index contributed by atoms with van der Waals surface area (Å²) in [5, 5.41) is 255. The zero-order valence-electron chi connectivity index (χ0n) is 68.7. The normalized spacial score (nSPS) is 50.7. The van der Waals surface area contributed by atoms with Crippen LogP contribution in [0.25, 0.3) is 0 Å². The number of rotatable bonds is 26. The van der Waals surface area contributed by atoms with Gasteiger partial charge in [0.15, 0.2) is 43.8 Å². The monoisotopic (exact) mass is 1730 g/mol. The lowest BCUT2D eigenvalue weighted by Crippen LogP contribution is -2.70. The molecule has 44 atom stereocenters. The second-order valence-corrected chi connectivity index (χ2v) is 37.3. The van der Waals surface area contributed by atoms with Crippen molar-refractivity contribution in [2.24, 2.45) is 50.2 Å². The van der Waals surface area contributed by atoms with Gasteiger partial charge in [-0.2, -0.15) is 0 Å². The molecule has 4 saturated carbocycles. The van der Waals surface area contributed by atoms with E-state index in [1.54, 1.807) is 0 Å². The van der Waals surface area contributed by atoms with E-state index in [0.29, 0.717) is 32.1 Å². The Morgan fingerprint density at radius 3 is 1.57 bits per heavy atom. The summed E-state index contributed by atoms with van der Waals surface area (Å²) in [5.41, 5.74) is -7.20. The molecule has 5 aliphatic carbocycles. The van der Waals surface area contributed by atoms with Crippen molar-refractivity contribution in [2.45, 2.75) is 353 Å². The van der Waals surface area contributed by atoms with Crippen LogP contribution < -0.4 is 0 Å². The third kappa shape index (κ3) is 17.4. The predicted octanol–water partition coefficient (Wildman–Crippen LogP) is -7.13. The van der Waals surface area contributed by atoms with Crippen LogP contribution in [0.2, 0.25) is 0 Å². The smallest absolute Gasteiger partial charge is 0.336 e. The summed E-state index contributed by atoms with van der Waals surface area (Å²) < 4.78 is 91.6. The molecule has 0 aromatic heterocycles. The highest BCUT2D eigenvalue weighted by molar-refractivity contribution is 5.89. The Labute approximate surface area is 693 Å². The third-order valence-electron chi connectivity index (χ3n) is 29.3. The number of carbonyl (C=O) groups excluding carboxylic acids is 2. The van der Waals surface area contributed by atoms with E-state index in [-0.39, 0.29) is 43.1 Å². The van der Waals surface area contributed by atoms with Crippen LogP contribution in [0.1, 0.15) is 127 Å². The lowest BCUT2D eigenvalue weighted by molar-refractivity contribution is -0.390. The summed E-state index contributed by atoms with van der Waals surface area (Å²) in [7, 11) is 0. The van der Waals surface area contributed by atoms with Gasteiger partial charge in [0.2, 0.25) is 6.29 Å². The van der Waals surface area contributed by atoms with Crippen molar-refractivity contribution in [2.75, 3.05) is 46.2 Å². The van der Waals surface area contributed by atoms with Crippen LogP contribution in [-0.4, -0.2) is 402 Å². The van der Waals surface area contributed by atoms with Crippen LogP contribution in [-0.2, 0) is 80.6 Å². The lowest BCUT2D eigenvalue weighted by Gasteiger charge is -2.72. The largest absolute Gasteiger partial charge is 0.458 e. The average Bonchev–Trinajstić information content (AvgIpc) is 0.718. The van der Waals surface area contributed by atoms with Crippen LogP contribution in [0.15, 0.2) is 36.0 Å². The van der Waals surface area contributed by atoms with Crippen LogP contribution in [0, 0.1) is 50.2 Å². The van der Waals surface area contributed by atoms with Gasteiger partial charge >= 0.3 is 11.9 Å². The average molecular weight is 1730 g/mol. The van der Waals surface area contributed by atoms with Gasteiger partial charge < -0.3 is 189 Å². The van der Waals surface area contributed by atoms with E-state index in [4.69, 9.17) is 71.1 Å². The molecular weight excluding hydrogens is 1600 g/mol. The minimum Gasteiger partial charge on any atom is -0.458 e. The molecule has 688 valence electrons. The first kappa shape index (κ1) is 95.8. The number of carbonyl (C=O) groups is 2. The van der Waals surface area contributed by atoms with Gasteiger partial charge in [-0.3, -0.25) is 4.79 Å². The van der Waals surface area contributed by atoms with Crippen molar-refractivity contribution in [3.05, 3.63) is 36.0 Å². The summed E-state index contributed by atoms with van der Waals surface area (Å²) in [6.45, 7) is 15.2. The Balaban J connectivity index is 0.860. The minimum atomic E-state index is -2.26. The van der Waals surface area contributed by atoms with Crippen molar-refractivity contribution in [3.63, 3.8) is 0 Å². The molecule has 7 saturated heterocycles. The molecule has 0 unspecified atom stereocenters. The van der Waals surface area contributed by atoms with E-state index in [9.17, 15) is 122 Å². The molecule has 40 nitrogen and oxygen atoms in total. The second kappa shape index (κ2) is 37.1. The van der Waals surface area contributed by atoms with E-state index < -0.39 is 330 Å². The van der Waals surface area contributed by atoms with Crippen LogP contribution >= 0.6 is 0 Å². The third-order valence-corrected chi connectivity index (χ3v) is 29.3. The molecular formula is C80H128O40. The fourth-order valence-corrected chi connectivity index (χ4v) is 21.6. The molecule has 0 bridgehead atoms. The fraction of sp³-hybridized carbons (Fsp3) is 0.900. The number of hydrogen-bond acceptors (Lipinski definition) is 40. The van der Waals surface area contributed by atoms with Crippen molar-refractivity contribution < 1.29 is 198 Å². The Morgan fingerprint density at radius 2 is 1.01 bits per heavy atom. The summed E-state index contributed by atoms with van der Waals surface area (Å²) in [6, 6.07) is 0. The first-order valence-corrected chi connectivity index (χ1v) is 41.5. The van der Waals surface area contributed by atoms with E-state index in [1.165, 1.54) is 26.0 Å². The van der Waals surface area contributed by atoms with E-state index in [1.807, 2.05) is 34.6 Å². The molecule has 0 aromatic rings. The molecule has 0 radical (unpaired) electrons. The van der Waals surface area contributed by atoms with Gasteiger partial charge in [0.25, 0.3) is 0 Å². The summed E-state index contributed by atoms with van der Waals surface area (Å²) in [6.07, 6.45) is -57.6. The summed E-state index contributed by atoms with van der Waals surface area (Å²) >= 11 is 0. The Hall–Kier alpha value is -3.28. The molecule has 7 heterocycles. The summed E-state index contributed by atoms with van der Waals surface area (Å²) in [4.78, 5) is 31.1. The van der Waals surface area contributed by atoms with E-state index in [0.717, 1.165) is 5.57 Å². The highest BCUT2D eigenvalue weighted by Crippen LogP contribution is 2.76. The zero-order valence-corrected chi connectivity index (χ0v) is 68.7. The molecule has 0 aromatic carbocycles. The molecule has 0 spiro atoms. The van der Waals surface area contributed by atoms with Gasteiger partial charge in [-0.15, -0.1) is 6.58 Å². The number of aliphatic hydroxyl groups is 23. The molecule has 0 amide bonds. The van der Waals surface area contributed by atoms with Gasteiger partial charge in [0, 0.05) is 11.8 Å². The van der Waals surface area contributed by atoms with Crippen LogP contribution in [0.3, 0.4) is 0 Å². The van der Waals surface area contributed by atoms with Crippen molar-refractivity contribution in [1.29, 1.82) is 0 Å². The lowest BCUT2D eigenvalue weighted by atomic mass is 9.33. The molecule has 11 fully saturated rings. The number of aliphatic hydroxyl groups excluding tert-OH is 22. The first-order valence-electron chi connectivity index (χ1n) is 41.5. The van der Waals surface area contributed by atoms with Gasteiger partial charge in [-0.25, -0.2) is 4.79 Å². The zero-order chi connectivity index (χ0) is 88.1. The topological polar surface area (TPSA) is 638 Å². The SMILES string of the molecule is C=C[C@](C)(O)CC/C=C(\CO)C(=O)O[C@H]1C[C@]2(C(=O)O[C@@H]3O[C@H](CO)[C@@H](O)[C@H](O)[C@H]3O[C@@H]3O[C@@H](C)[C@H](O[C@@H]4O[C@@H](CO)[C@H](O)[C@H]4O)[C@@H](O[C@@H]4O[C@H](CO)[C@@H](O)[C@H](O)[C@H]4O)[C@H]3O)[C@H](O)C[C@]3(C)C(=CC[C@@H]4[C@@]5(C)CC[C@H](O[C@@H]6O[C@H](CO[C@@H]7OC[C@H](O)[C@H](O)[C@H]7O)[C@@H](O)[C@H](O)[C@H]6O[C@@H]6O[C@H](CO)[C@@H](O)[C@H](O)[C@H]6O)C(C)(C)[C@@H]5CC[C@]43C)[C@@H]2CC1(C)C. The molecule has 12 rings (SSSR count). The maximum Gasteiger partial charge on any atom is 0.336 e. The fourth-order valence-electron chi connectivity index (χ4n) is 21.6. The first-order chi connectivity index (χ1) is 56.3. The summed E-state index contributed by atoms with van der Waals surface area (Å²) in [5.74, 6) is -3.63. The Kier molecular flexibility index (Phi) is 29.6. The number of allylic oxidation sites excluding steroid dienone is 3. The predicted molar refractivity (Wildman–Crippen MR) is 399 cm³/mol. The maximum absolute atomic E-state index is 16.6. The van der Waals surface area contributed by atoms with Gasteiger partial charge in [0.1, 0.15) is 158 Å². The molecule has 7 aliphatic heterocycles. The quantitative estimate of drug-likeness (QED) is 0.0166.